The van der Waals surface area contributed by atoms with Gasteiger partial charge in [-0.15, -0.1) is 0 Å². The number of ether oxygens (including phenoxy) is 3. The zero-order valence-corrected chi connectivity index (χ0v) is 22.4. The highest BCUT2D eigenvalue weighted by Crippen LogP contribution is 2.57. The van der Waals surface area contributed by atoms with Crippen LogP contribution in [0, 0.1) is 32.6 Å². The number of ketones is 1. The SMILES string of the molecule is Cc1cc(C)c(C2=C(OCc3ccccc3)C3C4C=CC(COC(=O)NC(C)(C)C)(O4)C3C2=O)c(C)c1. The molecule has 4 unspecified atom stereocenters. The number of fused-ring (bicyclic) bond motifs is 5. The molecule has 2 bridgehead atoms. The minimum atomic E-state index is -1.02. The van der Waals surface area contributed by atoms with E-state index in [0.717, 1.165) is 27.8 Å². The molecule has 2 aromatic rings. The summed E-state index contributed by atoms with van der Waals surface area (Å²) in [5.41, 5.74) is 4.36. The van der Waals surface area contributed by atoms with Crippen LogP contribution in [0.3, 0.4) is 0 Å². The van der Waals surface area contributed by atoms with Crippen LogP contribution in [-0.2, 0) is 25.6 Å². The number of allylic oxidation sites excluding steroid dienone is 1. The van der Waals surface area contributed by atoms with Gasteiger partial charge in [0.1, 0.15) is 24.6 Å². The van der Waals surface area contributed by atoms with Gasteiger partial charge in [-0.1, -0.05) is 60.2 Å². The van der Waals surface area contributed by atoms with Crippen LogP contribution in [0.2, 0.25) is 0 Å². The van der Waals surface area contributed by atoms with E-state index >= 15 is 0 Å². The van der Waals surface area contributed by atoms with Gasteiger partial charge < -0.3 is 19.5 Å². The van der Waals surface area contributed by atoms with Gasteiger partial charge in [0.2, 0.25) is 0 Å². The number of carbonyl (C=O) groups is 2. The van der Waals surface area contributed by atoms with Crippen LogP contribution in [-0.4, -0.2) is 35.7 Å². The molecule has 1 fully saturated rings. The van der Waals surface area contributed by atoms with Crippen LogP contribution >= 0.6 is 0 Å². The van der Waals surface area contributed by atoms with Crippen LogP contribution in [0.15, 0.2) is 60.4 Å². The molecule has 37 heavy (non-hydrogen) atoms. The van der Waals surface area contributed by atoms with Gasteiger partial charge in [-0.25, -0.2) is 4.79 Å². The zero-order valence-electron chi connectivity index (χ0n) is 22.4. The minimum absolute atomic E-state index is 0.0187. The van der Waals surface area contributed by atoms with E-state index in [4.69, 9.17) is 14.2 Å². The average molecular weight is 502 g/mol. The highest BCUT2D eigenvalue weighted by Gasteiger charge is 2.66. The van der Waals surface area contributed by atoms with Crippen molar-refractivity contribution in [3.05, 3.63) is 88.2 Å². The largest absolute Gasteiger partial charge is 0.492 e. The average Bonchev–Trinajstić information content (AvgIpc) is 3.46. The van der Waals surface area contributed by atoms with E-state index in [1.54, 1.807) is 0 Å². The molecule has 3 aliphatic rings. The van der Waals surface area contributed by atoms with Crippen molar-refractivity contribution in [3.8, 4) is 0 Å². The van der Waals surface area contributed by atoms with Crippen molar-refractivity contribution in [2.45, 2.75) is 65.4 Å². The van der Waals surface area contributed by atoms with Gasteiger partial charge in [-0.3, -0.25) is 4.79 Å². The molecule has 0 spiro atoms. The van der Waals surface area contributed by atoms with Crippen molar-refractivity contribution in [2.24, 2.45) is 11.8 Å². The topological polar surface area (TPSA) is 73.9 Å². The minimum Gasteiger partial charge on any atom is -0.492 e. The molecule has 0 aromatic heterocycles. The number of amides is 1. The number of hydrogen-bond acceptors (Lipinski definition) is 5. The van der Waals surface area contributed by atoms with Gasteiger partial charge in [0.05, 0.1) is 23.5 Å². The monoisotopic (exact) mass is 501 g/mol. The van der Waals surface area contributed by atoms with Crippen LogP contribution in [0.25, 0.3) is 5.57 Å². The Balaban J connectivity index is 1.51. The summed E-state index contributed by atoms with van der Waals surface area (Å²) in [6, 6.07) is 14.1. The highest BCUT2D eigenvalue weighted by atomic mass is 16.6. The van der Waals surface area contributed by atoms with Gasteiger partial charge >= 0.3 is 6.09 Å². The number of Topliss-reactive ketones (excluding diaryl/α,β-unsaturated/α-hetero) is 1. The summed E-state index contributed by atoms with van der Waals surface area (Å²) in [5, 5.41) is 2.81. The van der Waals surface area contributed by atoms with E-state index in [1.807, 2.05) is 77.1 Å². The lowest BCUT2D eigenvalue weighted by atomic mass is 9.76. The van der Waals surface area contributed by atoms with Gasteiger partial charge in [-0.05, 0) is 63.8 Å². The van der Waals surface area contributed by atoms with Gasteiger partial charge in [0.15, 0.2) is 5.78 Å². The van der Waals surface area contributed by atoms with E-state index in [1.165, 1.54) is 0 Å². The third kappa shape index (κ3) is 4.59. The Hall–Kier alpha value is -3.38. The van der Waals surface area contributed by atoms with Crippen LogP contribution in [0.1, 0.15) is 48.6 Å². The molecule has 2 aliphatic heterocycles. The second kappa shape index (κ2) is 9.18. The number of alkyl carbamates (subject to hydrolysis) is 1. The summed E-state index contributed by atoms with van der Waals surface area (Å²) in [5.74, 6) is -0.143. The predicted molar refractivity (Wildman–Crippen MR) is 142 cm³/mol. The van der Waals surface area contributed by atoms with Crippen molar-refractivity contribution in [1.29, 1.82) is 0 Å². The maximum absolute atomic E-state index is 14.3. The summed E-state index contributed by atoms with van der Waals surface area (Å²) < 4.78 is 18.5. The van der Waals surface area contributed by atoms with E-state index in [2.05, 4.69) is 24.4 Å². The van der Waals surface area contributed by atoms with Gasteiger partial charge in [0.25, 0.3) is 0 Å². The number of carbonyl (C=O) groups excluding carboxylic acids is 2. The Morgan fingerprint density at radius 3 is 2.41 bits per heavy atom. The molecule has 1 N–H and O–H groups in total. The van der Waals surface area contributed by atoms with E-state index in [-0.39, 0.29) is 24.4 Å². The van der Waals surface area contributed by atoms with E-state index in [0.29, 0.717) is 17.9 Å². The molecule has 1 saturated heterocycles. The molecule has 1 amide bonds. The molecule has 4 atom stereocenters. The fraction of sp³-hybridized carbons (Fsp3) is 0.419. The number of rotatable bonds is 6. The molecule has 5 rings (SSSR count). The summed E-state index contributed by atoms with van der Waals surface area (Å²) in [6.07, 6.45) is 3.02. The van der Waals surface area contributed by atoms with Crippen molar-refractivity contribution in [3.63, 3.8) is 0 Å². The Morgan fingerprint density at radius 1 is 1.08 bits per heavy atom. The zero-order chi connectivity index (χ0) is 26.5. The number of nitrogens with one attached hydrogen (secondary N) is 1. The van der Waals surface area contributed by atoms with Crippen molar-refractivity contribution in [1.82, 2.24) is 5.32 Å². The lowest BCUT2D eigenvalue weighted by Crippen LogP contribution is -2.46. The standard InChI is InChI=1S/C31H35NO5/c1-18-14-19(2)23(20(3)15-18)25-27(33)26-24(28(25)35-16-21-10-8-7-9-11-21)22-12-13-31(26,37-22)17-36-29(34)32-30(4,5)6/h7-15,22,24,26H,16-17H2,1-6H3,(H,32,34). The third-order valence-electron chi connectivity index (χ3n) is 7.31. The van der Waals surface area contributed by atoms with Crippen LogP contribution in [0.4, 0.5) is 4.79 Å². The summed E-state index contributed by atoms with van der Waals surface area (Å²) in [6.45, 7) is 12.1. The Labute approximate surface area is 218 Å². The normalized spacial score (nSPS) is 26.0. The number of benzene rings is 2. The number of aryl methyl sites for hydroxylation is 3. The lowest BCUT2D eigenvalue weighted by molar-refractivity contribution is -0.122. The summed E-state index contributed by atoms with van der Waals surface area (Å²) >= 11 is 0. The molecule has 6 nitrogen and oxygen atoms in total. The maximum atomic E-state index is 14.3. The molecule has 0 saturated carbocycles. The van der Waals surface area contributed by atoms with Gasteiger partial charge in [0, 0.05) is 5.54 Å². The smallest absolute Gasteiger partial charge is 0.407 e. The second-order valence-electron chi connectivity index (χ2n) is 11.5. The molecule has 0 radical (unpaired) electrons. The molecular weight excluding hydrogens is 466 g/mol. The Bertz CT molecular complexity index is 1280. The first-order valence-corrected chi connectivity index (χ1v) is 12.8. The highest BCUT2D eigenvalue weighted by molar-refractivity contribution is 6.26. The first-order chi connectivity index (χ1) is 17.5. The van der Waals surface area contributed by atoms with Crippen LogP contribution in [0.5, 0.6) is 0 Å². The van der Waals surface area contributed by atoms with Crippen molar-refractivity contribution in [2.75, 3.05) is 6.61 Å². The Morgan fingerprint density at radius 2 is 1.76 bits per heavy atom. The molecule has 1 aliphatic carbocycles. The van der Waals surface area contributed by atoms with E-state index < -0.39 is 23.2 Å². The predicted octanol–water partition coefficient (Wildman–Crippen LogP) is 5.59. The molecule has 194 valence electrons. The van der Waals surface area contributed by atoms with Gasteiger partial charge in [-0.2, -0.15) is 0 Å². The van der Waals surface area contributed by atoms with Crippen molar-refractivity contribution < 1.29 is 23.8 Å². The molecule has 2 heterocycles. The maximum Gasteiger partial charge on any atom is 0.407 e. The fourth-order valence-corrected chi connectivity index (χ4v) is 6.00. The molecule has 6 heteroatoms. The van der Waals surface area contributed by atoms with E-state index in [9.17, 15) is 9.59 Å². The van der Waals surface area contributed by atoms with Crippen LogP contribution < -0.4 is 5.32 Å². The molecular formula is C31H35NO5. The fourth-order valence-electron chi connectivity index (χ4n) is 6.00. The number of hydrogen-bond donors (Lipinski definition) is 1. The molecule has 2 aromatic carbocycles. The Kier molecular flexibility index (Phi) is 6.27. The quantitative estimate of drug-likeness (QED) is 0.523. The first kappa shape index (κ1) is 25.3. The van der Waals surface area contributed by atoms with Crippen molar-refractivity contribution >= 4 is 17.4 Å². The second-order valence-corrected chi connectivity index (χ2v) is 11.5. The third-order valence-corrected chi connectivity index (χ3v) is 7.31. The summed E-state index contributed by atoms with van der Waals surface area (Å²) in [4.78, 5) is 26.7. The lowest BCUT2D eigenvalue weighted by Gasteiger charge is -2.30. The summed E-state index contributed by atoms with van der Waals surface area (Å²) in [7, 11) is 0. The first-order valence-electron chi connectivity index (χ1n) is 12.8.